The van der Waals surface area contributed by atoms with Gasteiger partial charge in [0.2, 0.25) is 5.88 Å². The van der Waals surface area contributed by atoms with Crippen molar-refractivity contribution in [2.75, 3.05) is 17.7 Å². The van der Waals surface area contributed by atoms with Crippen LogP contribution in [0.25, 0.3) is 0 Å². The summed E-state index contributed by atoms with van der Waals surface area (Å²) in [6.45, 7) is 4.66. The molecule has 0 radical (unpaired) electrons. The fourth-order valence-electron chi connectivity index (χ4n) is 1.81. The Hall–Kier alpha value is -2.30. The number of hydrogen-bond donors (Lipinski definition) is 1. The molecule has 0 bridgehead atoms. The van der Waals surface area contributed by atoms with Crippen molar-refractivity contribution in [2.24, 2.45) is 0 Å². The smallest absolute Gasteiger partial charge is 0.239 e. The number of nitrogens with two attached hydrogens (primary N) is 1. The number of hydrogen-bond acceptors (Lipinski definition) is 5. The molecule has 5 nitrogen and oxygen atoms in total. The van der Waals surface area contributed by atoms with E-state index in [1.165, 1.54) is 5.56 Å². The molecule has 0 fully saturated rings. The maximum absolute atomic E-state index is 5.88. The minimum absolute atomic E-state index is 0.0468. The molecule has 2 N–H and O–H groups in total. The standard InChI is InChI=1S/C15H20N4O/c1-11(2)20-15-13(16)4-5-14(18-15)19(3)10-12-6-8-17-9-7-12/h4-9,11H,10,16H2,1-3H3. The summed E-state index contributed by atoms with van der Waals surface area (Å²) < 4.78 is 5.61. The van der Waals surface area contributed by atoms with Crippen molar-refractivity contribution in [3.63, 3.8) is 0 Å². The summed E-state index contributed by atoms with van der Waals surface area (Å²) in [6, 6.07) is 7.69. The summed E-state index contributed by atoms with van der Waals surface area (Å²) in [4.78, 5) is 10.5. The predicted molar refractivity (Wildman–Crippen MR) is 80.8 cm³/mol. The Morgan fingerprint density at radius 2 is 1.90 bits per heavy atom. The van der Waals surface area contributed by atoms with Gasteiger partial charge in [0.25, 0.3) is 0 Å². The zero-order chi connectivity index (χ0) is 14.5. The second-order valence-electron chi connectivity index (χ2n) is 4.94. The molecule has 2 aromatic heterocycles. The van der Waals surface area contributed by atoms with Crippen molar-refractivity contribution < 1.29 is 4.74 Å². The molecular weight excluding hydrogens is 252 g/mol. The van der Waals surface area contributed by atoms with Crippen LogP contribution in [0.4, 0.5) is 11.5 Å². The Balaban J connectivity index is 2.15. The zero-order valence-corrected chi connectivity index (χ0v) is 12.1. The van der Waals surface area contributed by atoms with Crippen LogP contribution >= 0.6 is 0 Å². The summed E-state index contributed by atoms with van der Waals surface area (Å²) in [5.74, 6) is 1.31. The van der Waals surface area contributed by atoms with Crippen molar-refractivity contribution in [3.8, 4) is 5.88 Å². The first-order chi connectivity index (χ1) is 9.56. The largest absolute Gasteiger partial charge is 0.473 e. The van der Waals surface area contributed by atoms with Gasteiger partial charge in [0.05, 0.1) is 11.8 Å². The van der Waals surface area contributed by atoms with E-state index in [1.54, 1.807) is 12.4 Å². The minimum Gasteiger partial charge on any atom is -0.473 e. The molecule has 0 aliphatic heterocycles. The van der Waals surface area contributed by atoms with Crippen LogP contribution in [0.3, 0.4) is 0 Å². The first kappa shape index (κ1) is 14.1. The quantitative estimate of drug-likeness (QED) is 0.906. The SMILES string of the molecule is CC(C)Oc1nc(N(C)Cc2ccncc2)ccc1N. The number of anilines is 2. The lowest BCUT2D eigenvalue weighted by molar-refractivity contribution is 0.234. The second kappa shape index (κ2) is 6.23. The molecule has 2 heterocycles. The molecule has 106 valence electrons. The molecule has 0 atom stereocenters. The van der Waals surface area contributed by atoms with Crippen LogP contribution < -0.4 is 15.4 Å². The number of aromatic nitrogens is 2. The number of pyridine rings is 2. The Morgan fingerprint density at radius 1 is 1.20 bits per heavy atom. The van der Waals surface area contributed by atoms with E-state index in [0.717, 1.165) is 12.4 Å². The molecule has 0 aliphatic carbocycles. The van der Waals surface area contributed by atoms with Gasteiger partial charge in [-0.25, -0.2) is 0 Å². The third-order valence-electron chi connectivity index (χ3n) is 2.78. The van der Waals surface area contributed by atoms with Crippen LogP contribution in [0.2, 0.25) is 0 Å². The summed E-state index contributed by atoms with van der Waals surface area (Å²) in [5, 5.41) is 0. The Morgan fingerprint density at radius 3 is 2.55 bits per heavy atom. The highest BCUT2D eigenvalue weighted by Crippen LogP contribution is 2.24. The molecule has 20 heavy (non-hydrogen) atoms. The number of nitrogen functional groups attached to an aromatic ring is 1. The topological polar surface area (TPSA) is 64.3 Å². The van der Waals surface area contributed by atoms with E-state index >= 15 is 0 Å². The molecule has 0 saturated heterocycles. The molecule has 2 rings (SSSR count). The average molecular weight is 272 g/mol. The van der Waals surface area contributed by atoms with Gasteiger partial charge in [-0.1, -0.05) is 0 Å². The zero-order valence-electron chi connectivity index (χ0n) is 12.1. The fourth-order valence-corrected chi connectivity index (χ4v) is 1.81. The lowest BCUT2D eigenvalue weighted by Crippen LogP contribution is -2.18. The Kier molecular flexibility index (Phi) is 4.40. The molecule has 0 amide bonds. The molecule has 5 heteroatoms. The van der Waals surface area contributed by atoms with E-state index in [1.807, 2.05) is 50.1 Å². The minimum atomic E-state index is 0.0468. The first-order valence-corrected chi connectivity index (χ1v) is 6.59. The van der Waals surface area contributed by atoms with Crippen molar-refractivity contribution in [1.82, 2.24) is 9.97 Å². The maximum atomic E-state index is 5.88. The third kappa shape index (κ3) is 3.60. The van der Waals surface area contributed by atoms with Crippen LogP contribution in [0.5, 0.6) is 5.88 Å². The summed E-state index contributed by atoms with van der Waals surface area (Å²) in [7, 11) is 1.98. The number of ether oxygens (including phenoxy) is 1. The lowest BCUT2D eigenvalue weighted by atomic mass is 10.2. The molecular formula is C15H20N4O. The van der Waals surface area contributed by atoms with E-state index in [4.69, 9.17) is 10.5 Å². The predicted octanol–water partition coefficient (Wildman–Crippen LogP) is 2.48. The van der Waals surface area contributed by atoms with Gasteiger partial charge in [-0.05, 0) is 43.7 Å². The highest BCUT2D eigenvalue weighted by atomic mass is 16.5. The van der Waals surface area contributed by atoms with Gasteiger partial charge in [-0.15, -0.1) is 0 Å². The van der Waals surface area contributed by atoms with Crippen LogP contribution in [0, 0.1) is 0 Å². The Labute approximate surface area is 119 Å². The summed E-state index contributed by atoms with van der Waals surface area (Å²) >= 11 is 0. The van der Waals surface area contributed by atoms with E-state index in [9.17, 15) is 0 Å². The van der Waals surface area contributed by atoms with Crippen molar-refractivity contribution in [3.05, 3.63) is 42.2 Å². The average Bonchev–Trinajstić information content (AvgIpc) is 2.42. The van der Waals surface area contributed by atoms with E-state index in [-0.39, 0.29) is 6.10 Å². The van der Waals surface area contributed by atoms with Crippen molar-refractivity contribution in [2.45, 2.75) is 26.5 Å². The van der Waals surface area contributed by atoms with Gasteiger partial charge in [0, 0.05) is 26.0 Å². The van der Waals surface area contributed by atoms with Gasteiger partial charge in [0.1, 0.15) is 5.82 Å². The number of rotatable bonds is 5. The second-order valence-corrected chi connectivity index (χ2v) is 4.94. The van der Waals surface area contributed by atoms with Crippen molar-refractivity contribution in [1.29, 1.82) is 0 Å². The van der Waals surface area contributed by atoms with E-state index < -0.39 is 0 Å². The van der Waals surface area contributed by atoms with E-state index in [2.05, 4.69) is 9.97 Å². The summed E-state index contributed by atoms with van der Waals surface area (Å²) in [5.41, 5.74) is 7.61. The monoisotopic (exact) mass is 272 g/mol. The molecule has 0 unspecified atom stereocenters. The molecule has 0 aromatic carbocycles. The lowest BCUT2D eigenvalue weighted by Gasteiger charge is -2.20. The first-order valence-electron chi connectivity index (χ1n) is 6.59. The van der Waals surface area contributed by atoms with Gasteiger partial charge in [-0.2, -0.15) is 4.98 Å². The van der Waals surface area contributed by atoms with E-state index in [0.29, 0.717) is 11.6 Å². The normalized spacial score (nSPS) is 10.6. The van der Waals surface area contributed by atoms with Crippen LogP contribution in [-0.2, 0) is 6.54 Å². The van der Waals surface area contributed by atoms with Gasteiger partial charge < -0.3 is 15.4 Å². The van der Waals surface area contributed by atoms with Gasteiger partial charge >= 0.3 is 0 Å². The van der Waals surface area contributed by atoms with Gasteiger partial charge in [-0.3, -0.25) is 4.98 Å². The van der Waals surface area contributed by atoms with Crippen LogP contribution in [-0.4, -0.2) is 23.1 Å². The highest BCUT2D eigenvalue weighted by molar-refractivity contribution is 5.54. The Bertz CT molecular complexity index is 557. The maximum Gasteiger partial charge on any atom is 0.239 e. The molecule has 0 saturated carbocycles. The van der Waals surface area contributed by atoms with Crippen molar-refractivity contribution >= 4 is 11.5 Å². The summed E-state index contributed by atoms with van der Waals surface area (Å²) in [6.07, 6.45) is 3.62. The molecule has 0 aliphatic rings. The molecule has 0 spiro atoms. The highest BCUT2D eigenvalue weighted by Gasteiger charge is 2.09. The molecule has 2 aromatic rings. The number of nitrogens with zero attached hydrogens (tertiary/aromatic N) is 3. The van der Waals surface area contributed by atoms with Gasteiger partial charge in [0.15, 0.2) is 0 Å². The third-order valence-corrected chi connectivity index (χ3v) is 2.78. The fraction of sp³-hybridized carbons (Fsp3) is 0.333. The van der Waals surface area contributed by atoms with Crippen LogP contribution in [0.1, 0.15) is 19.4 Å². The van der Waals surface area contributed by atoms with Crippen LogP contribution in [0.15, 0.2) is 36.7 Å².